The van der Waals surface area contributed by atoms with Crippen molar-refractivity contribution in [2.45, 2.75) is 6.42 Å². The minimum atomic E-state index is 1.02. The van der Waals surface area contributed by atoms with Gasteiger partial charge in [-0.05, 0) is 6.08 Å². The quantitative estimate of drug-likeness (QED) is 0.447. The summed E-state index contributed by atoms with van der Waals surface area (Å²) in [6.07, 6.45) is 3.00. The second-order valence-electron chi connectivity index (χ2n) is 1.02. The van der Waals surface area contributed by atoms with Crippen molar-refractivity contribution >= 4 is 0 Å². The molecule has 0 fully saturated rings. The van der Waals surface area contributed by atoms with E-state index in [9.17, 15) is 0 Å². The molecule has 1 radical (unpaired) electrons. The maximum absolute atomic E-state index is 4.47. The first-order chi connectivity index (χ1) is 2.43. The molecule has 0 aromatic heterocycles. The SMILES string of the molecule is [CH2]OC1=CC1. The van der Waals surface area contributed by atoms with Crippen LogP contribution in [0.2, 0.25) is 0 Å². The van der Waals surface area contributed by atoms with E-state index in [-0.39, 0.29) is 0 Å². The third-order valence-electron chi connectivity index (χ3n) is 0.556. The Morgan fingerprint density at radius 2 is 2.60 bits per heavy atom. The fourth-order valence-electron chi connectivity index (χ4n) is 0.160. The number of hydrogen-bond acceptors (Lipinski definition) is 1. The molecule has 0 aromatic carbocycles. The zero-order chi connectivity index (χ0) is 3.70. The highest BCUT2D eigenvalue weighted by atomic mass is 16.5. The van der Waals surface area contributed by atoms with E-state index < -0.39 is 0 Å². The van der Waals surface area contributed by atoms with Crippen LogP contribution in [0.3, 0.4) is 0 Å². The first-order valence-electron chi connectivity index (χ1n) is 1.54. The van der Waals surface area contributed by atoms with Crippen molar-refractivity contribution in [3.8, 4) is 0 Å². The maximum atomic E-state index is 4.47. The highest BCUT2D eigenvalue weighted by molar-refractivity contribution is 5.13. The summed E-state index contributed by atoms with van der Waals surface area (Å²) >= 11 is 0. The average molecular weight is 69.1 g/mol. The Labute approximate surface area is 31.3 Å². The molecule has 0 N–H and O–H groups in total. The van der Waals surface area contributed by atoms with Crippen LogP contribution in [0.25, 0.3) is 0 Å². The first-order valence-corrected chi connectivity index (χ1v) is 1.54. The van der Waals surface area contributed by atoms with Gasteiger partial charge in [0.2, 0.25) is 0 Å². The average Bonchev–Trinajstić information content (AvgIpc) is 2.12. The molecule has 1 aliphatic carbocycles. The molecule has 0 atom stereocenters. The van der Waals surface area contributed by atoms with Crippen LogP contribution in [-0.2, 0) is 4.74 Å². The van der Waals surface area contributed by atoms with E-state index in [1.54, 1.807) is 0 Å². The summed E-state index contributed by atoms with van der Waals surface area (Å²) in [5, 5.41) is 0. The molecule has 0 aromatic rings. The zero-order valence-electron chi connectivity index (χ0n) is 2.90. The predicted octanol–water partition coefficient (Wildman–Crippen LogP) is 1.08. The minimum Gasteiger partial charge on any atom is -0.494 e. The molecule has 0 bridgehead atoms. The van der Waals surface area contributed by atoms with Gasteiger partial charge in [0.15, 0.2) is 0 Å². The van der Waals surface area contributed by atoms with Crippen LogP contribution in [-0.4, -0.2) is 0 Å². The Hall–Kier alpha value is -0.460. The van der Waals surface area contributed by atoms with E-state index in [1.165, 1.54) is 0 Å². The van der Waals surface area contributed by atoms with Crippen LogP contribution >= 0.6 is 0 Å². The highest BCUT2D eigenvalue weighted by Crippen LogP contribution is 2.17. The Morgan fingerprint density at radius 1 is 2.00 bits per heavy atom. The molecule has 1 rings (SSSR count). The predicted molar refractivity (Wildman–Crippen MR) is 19.1 cm³/mol. The normalized spacial score (nSPS) is 17.4. The van der Waals surface area contributed by atoms with Gasteiger partial charge in [0.1, 0.15) is 7.11 Å². The van der Waals surface area contributed by atoms with Crippen LogP contribution in [0, 0.1) is 7.11 Å². The van der Waals surface area contributed by atoms with Crippen molar-refractivity contribution in [3.63, 3.8) is 0 Å². The molecule has 0 spiro atoms. The van der Waals surface area contributed by atoms with Gasteiger partial charge in [0, 0.05) is 6.42 Å². The van der Waals surface area contributed by atoms with Crippen LogP contribution < -0.4 is 0 Å². The van der Waals surface area contributed by atoms with Gasteiger partial charge >= 0.3 is 0 Å². The van der Waals surface area contributed by atoms with E-state index in [1.807, 2.05) is 6.08 Å². The van der Waals surface area contributed by atoms with E-state index in [0.717, 1.165) is 12.2 Å². The van der Waals surface area contributed by atoms with E-state index in [2.05, 4.69) is 11.8 Å². The second-order valence-corrected chi connectivity index (χ2v) is 1.02. The van der Waals surface area contributed by atoms with Crippen molar-refractivity contribution in [2.24, 2.45) is 0 Å². The van der Waals surface area contributed by atoms with Crippen molar-refractivity contribution in [1.29, 1.82) is 0 Å². The van der Waals surface area contributed by atoms with Crippen LogP contribution in [0.5, 0.6) is 0 Å². The maximum Gasteiger partial charge on any atom is 0.122 e. The Kier molecular flexibility index (Phi) is 0.411. The van der Waals surface area contributed by atoms with Crippen molar-refractivity contribution in [1.82, 2.24) is 0 Å². The minimum absolute atomic E-state index is 1.02. The third-order valence-corrected chi connectivity index (χ3v) is 0.556. The van der Waals surface area contributed by atoms with Crippen LogP contribution in [0.4, 0.5) is 0 Å². The van der Waals surface area contributed by atoms with Gasteiger partial charge in [-0.3, -0.25) is 0 Å². The Morgan fingerprint density at radius 3 is 2.60 bits per heavy atom. The third kappa shape index (κ3) is 0.407. The lowest BCUT2D eigenvalue weighted by atomic mass is 10.8. The number of ether oxygens (including phenoxy) is 1. The Balaban J connectivity index is 2.22. The molecule has 1 heteroatoms. The summed E-state index contributed by atoms with van der Waals surface area (Å²) in [6, 6.07) is 0. The van der Waals surface area contributed by atoms with Crippen LogP contribution in [0.15, 0.2) is 11.8 Å². The fraction of sp³-hybridized carbons (Fsp3) is 0.250. The lowest BCUT2D eigenvalue weighted by Crippen LogP contribution is -1.57. The molecule has 1 nitrogen and oxygen atoms in total. The molecule has 5 heavy (non-hydrogen) atoms. The van der Waals surface area contributed by atoms with Gasteiger partial charge in [-0.1, -0.05) is 0 Å². The molecule has 0 heterocycles. The first kappa shape index (κ1) is 2.76. The van der Waals surface area contributed by atoms with Crippen LogP contribution in [0.1, 0.15) is 6.42 Å². The van der Waals surface area contributed by atoms with E-state index >= 15 is 0 Å². The van der Waals surface area contributed by atoms with Crippen molar-refractivity contribution < 1.29 is 4.74 Å². The largest absolute Gasteiger partial charge is 0.494 e. The van der Waals surface area contributed by atoms with Gasteiger partial charge < -0.3 is 4.74 Å². The molecule has 0 saturated heterocycles. The summed E-state index contributed by atoms with van der Waals surface area (Å²) in [4.78, 5) is 0. The molecular formula is C4H5O. The van der Waals surface area contributed by atoms with Crippen molar-refractivity contribution in [2.75, 3.05) is 0 Å². The molecule has 0 saturated carbocycles. The van der Waals surface area contributed by atoms with E-state index in [0.29, 0.717) is 0 Å². The van der Waals surface area contributed by atoms with Gasteiger partial charge in [-0.15, -0.1) is 0 Å². The van der Waals surface area contributed by atoms with Gasteiger partial charge in [0.05, 0.1) is 5.76 Å². The van der Waals surface area contributed by atoms with Gasteiger partial charge in [-0.25, -0.2) is 0 Å². The summed E-state index contributed by atoms with van der Waals surface area (Å²) in [7, 11) is 3.18. The molecule has 27 valence electrons. The van der Waals surface area contributed by atoms with Crippen molar-refractivity contribution in [3.05, 3.63) is 18.9 Å². The number of allylic oxidation sites excluding steroid dienone is 2. The Bertz CT molecular complexity index is 64.0. The standard InChI is InChI=1S/C4H5O/c1-5-4-2-3-4/h2H,1,3H2. The second kappa shape index (κ2) is 0.744. The monoisotopic (exact) mass is 69.0 g/mol. The van der Waals surface area contributed by atoms with Gasteiger partial charge in [0.25, 0.3) is 0 Å². The summed E-state index contributed by atoms with van der Waals surface area (Å²) in [6.45, 7) is 0. The zero-order valence-corrected chi connectivity index (χ0v) is 2.90. The smallest absolute Gasteiger partial charge is 0.122 e. The highest BCUT2D eigenvalue weighted by Gasteiger charge is 2.03. The van der Waals surface area contributed by atoms with Gasteiger partial charge in [-0.2, -0.15) is 0 Å². The molecular weight excluding hydrogens is 64.0 g/mol. The molecule has 0 amide bonds. The summed E-state index contributed by atoms with van der Waals surface area (Å²) in [5.74, 6) is 1.02. The fourth-order valence-corrected chi connectivity index (χ4v) is 0.160. The molecule has 0 aliphatic heterocycles. The lowest BCUT2D eigenvalue weighted by Gasteiger charge is -1.78. The molecule has 1 aliphatic rings. The number of rotatable bonds is 1. The topological polar surface area (TPSA) is 9.23 Å². The number of hydrogen-bond donors (Lipinski definition) is 0. The molecule has 0 unspecified atom stereocenters. The summed E-state index contributed by atoms with van der Waals surface area (Å²) < 4.78 is 4.47. The summed E-state index contributed by atoms with van der Waals surface area (Å²) in [5.41, 5.74) is 0. The van der Waals surface area contributed by atoms with E-state index in [4.69, 9.17) is 0 Å². The lowest BCUT2D eigenvalue weighted by molar-refractivity contribution is 0.363.